The van der Waals surface area contributed by atoms with Crippen LogP contribution in [0, 0.1) is 0 Å². The van der Waals surface area contributed by atoms with Crippen molar-refractivity contribution in [1.29, 1.82) is 0 Å². The fraction of sp³-hybridized carbons (Fsp3) is 0.467. The molecule has 2 aliphatic rings. The summed E-state index contributed by atoms with van der Waals surface area (Å²) in [5.41, 5.74) is 3.69. The molecule has 2 N–H and O–H groups in total. The van der Waals surface area contributed by atoms with Crippen LogP contribution in [0.4, 0.5) is 5.69 Å². The lowest BCUT2D eigenvalue weighted by atomic mass is 9.99. The number of likely N-dealkylation sites (N-methyl/N-ethyl adjacent to an activating group) is 1. The first-order chi connectivity index (χ1) is 9.66. The maximum Gasteiger partial charge on any atom is 0.246 e. The van der Waals surface area contributed by atoms with Gasteiger partial charge in [0.2, 0.25) is 11.8 Å². The van der Waals surface area contributed by atoms with E-state index in [0.717, 1.165) is 24.9 Å². The predicted molar refractivity (Wildman–Crippen MR) is 76.3 cm³/mol. The summed E-state index contributed by atoms with van der Waals surface area (Å²) < 4.78 is 0. The summed E-state index contributed by atoms with van der Waals surface area (Å²) in [5, 5.41) is 6.64. The number of hydrogen-bond acceptors (Lipinski definition) is 4. The van der Waals surface area contributed by atoms with Gasteiger partial charge in [-0.15, -0.1) is 0 Å². The van der Waals surface area contributed by atoms with E-state index in [2.05, 4.69) is 28.8 Å². The Morgan fingerprint density at radius 3 is 3.00 bits per heavy atom. The zero-order valence-corrected chi connectivity index (χ0v) is 11.6. The van der Waals surface area contributed by atoms with E-state index in [1.807, 2.05) is 0 Å². The number of nitrogens with zero attached hydrogens (tertiary/aromatic N) is 1. The van der Waals surface area contributed by atoms with Crippen molar-refractivity contribution in [3.8, 4) is 0 Å². The molecule has 0 spiro atoms. The number of fused-ring (bicyclic) bond motifs is 1. The minimum absolute atomic E-state index is 0.110. The van der Waals surface area contributed by atoms with E-state index in [1.54, 1.807) is 0 Å². The van der Waals surface area contributed by atoms with Gasteiger partial charge in [-0.05, 0) is 24.0 Å². The van der Waals surface area contributed by atoms with Gasteiger partial charge in [-0.3, -0.25) is 14.5 Å². The van der Waals surface area contributed by atoms with E-state index < -0.39 is 0 Å². The highest BCUT2D eigenvalue weighted by atomic mass is 16.2. The maximum atomic E-state index is 11.9. The van der Waals surface area contributed by atoms with E-state index in [9.17, 15) is 9.59 Å². The van der Waals surface area contributed by atoms with Gasteiger partial charge in [0.1, 0.15) is 0 Å². The number of anilines is 1. The average Bonchev–Trinajstić information content (AvgIpc) is 2.72. The van der Waals surface area contributed by atoms with Crippen molar-refractivity contribution in [2.24, 2.45) is 0 Å². The second-order valence-corrected chi connectivity index (χ2v) is 5.41. The molecular weight excluding hydrogens is 254 g/mol. The molecule has 1 fully saturated rings. The van der Waals surface area contributed by atoms with Crippen LogP contribution < -0.4 is 10.6 Å². The fourth-order valence-corrected chi connectivity index (χ4v) is 2.88. The topological polar surface area (TPSA) is 61.4 Å². The van der Waals surface area contributed by atoms with Gasteiger partial charge in [0, 0.05) is 25.8 Å². The van der Waals surface area contributed by atoms with Crippen LogP contribution in [-0.4, -0.2) is 36.3 Å². The minimum Gasteiger partial charge on any atom is -0.385 e. The zero-order valence-electron chi connectivity index (χ0n) is 11.6. The van der Waals surface area contributed by atoms with Crippen LogP contribution in [0.15, 0.2) is 18.2 Å². The molecule has 0 saturated carbocycles. The molecule has 1 aromatic rings. The van der Waals surface area contributed by atoms with Crippen LogP contribution in [-0.2, 0) is 22.6 Å². The van der Waals surface area contributed by atoms with Crippen LogP contribution in [0.25, 0.3) is 0 Å². The third kappa shape index (κ3) is 2.29. The number of carbonyl (C=O) groups excluding carboxylic acids is 2. The molecule has 2 amide bonds. The number of amides is 2. The van der Waals surface area contributed by atoms with Gasteiger partial charge in [-0.25, -0.2) is 0 Å². The Morgan fingerprint density at radius 1 is 1.40 bits per heavy atom. The zero-order chi connectivity index (χ0) is 14.1. The predicted octanol–water partition coefficient (Wildman–Crippen LogP) is 0.892. The summed E-state index contributed by atoms with van der Waals surface area (Å²) in [5.74, 6) is -0.242. The number of aryl methyl sites for hydroxylation is 1. The summed E-state index contributed by atoms with van der Waals surface area (Å²) in [6.45, 7) is 1.60. The number of rotatable bonds is 3. The van der Waals surface area contributed by atoms with E-state index in [4.69, 9.17) is 0 Å². The third-order valence-electron chi connectivity index (χ3n) is 4.08. The van der Waals surface area contributed by atoms with Gasteiger partial charge in [0.15, 0.2) is 0 Å². The van der Waals surface area contributed by atoms with Crippen molar-refractivity contribution in [3.05, 3.63) is 29.3 Å². The molecule has 2 heterocycles. The summed E-state index contributed by atoms with van der Waals surface area (Å²) in [4.78, 5) is 24.5. The molecule has 5 nitrogen and oxygen atoms in total. The molecule has 0 radical (unpaired) electrons. The van der Waals surface area contributed by atoms with Crippen molar-refractivity contribution in [2.75, 3.05) is 18.9 Å². The summed E-state index contributed by atoms with van der Waals surface area (Å²) in [6.07, 6.45) is 2.52. The maximum absolute atomic E-state index is 11.9. The molecule has 1 aromatic carbocycles. The first kappa shape index (κ1) is 13.1. The van der Waals surface area contributed by atoms with Crippen LogP contribution in [0.5, 0.6) is 0 Å². The molecular formula is C15H19N3O2. The normalized spacial score (nSPS) is 21.9. The molecule has 1 saturated heterocycles. The molecule has 20 heavy (non-hydrogen) atoms. The van der Waals surface area contributed by atoms with Crippen LogP contribution in [0.2, 0.25) is 0 Å². The van der Waals surface area contributed by atoms with Gasteiger partial charge in [-0.1, -0.05) is 18.2 Å². The third-order valence-corrected chi connectivity index (χ3v) is 4.08. The summed E-state index contributed by atoms with van der Waals surface area (Å²) >= 11 is 0. The average molecular weight is 273 g/mol. The van der Waals surface area contributed by atoms with E-state index in [-0.39, 0.29) is 24.3 Å². The van der Waals surface area contributed by atoms with Gasteiger partial charge >= 0.3 is 0 Å². The first-order valence-electron chi connectivity index (χ1n) is 7.05. The van der Waals surface area contributed by atoms with E-state index >= 15 is 0 Å². The lowest BCUT2D eigenvalue weighted by Gasteiger charge is -2.22. The molecule has 106 valence electrons. The van der Waals surface area contributed by atoms with Crippen molar-refractivity contribution in [1.82, 2.24) is 10.2 Å². The Hall–Kier alpha value is -1.88. The number of hydrogen-bond donors (Lipinski definition) is 2. The minimum atomic E-state index is -0.382. The number of para-hydroxylation sites is 1. The first-order valence-corrected chi connectivity index (χ1v) is 7.05. The molecule has 0 bridgehead atoms. The molecule has 0 aromatic heterocycles. The van der Waals surface area contributed by atoms with Gasteiger partial charge in [0.25, 0.3) is 0 Å². The van der Waals surface area contributed by atoms with Crippen molar-refractivity contribution >= 4 is 17.5 Å². The number of carbonyl (C=O) groups is 2. The van der Waals surface area contributed by atoms with Gasteiger partial charge in [-0.2, -0.15) is 0 Å². The number of imide groups is 1. The summed E-state index contributed by atoms with van der Waals surface area (Å²) in [7, 11) is 1.54. The number of likely N-dealkylation sites (tertiary alicyclic amines) is 1. The van der Waals surface area contributed by atoms with E-state index in [0.29, 0.717) is 6.54 Å². The Bertz CT molecular complexity index is 556. The molecule has 2 aliphatic heterocycles. The van der Waals surface area contributed by atoms with Gasteiger partial charge in [0.05, 0.1) is 12.5 Å². The molecule has 1 atom stereocenters. The Kier molecular flexibility index (Phi) is 3.44. The smallest absolute Gasteiger partial charge is 0.246 e. The second-order valence-electron chi connectivity index (χ2n) is 5.41. The van der Waals surface area contributed by atoms with Gasteiger partial charge < -0.3 is 10.6 Å². The Balaban J connectivity index is 1.70. The summed E-state index contributed by atoms with van der Waals surface area (Å²) in [6, 6.07) is 5.88. The van der Waals surface area contributed by atoms with Crippen LogP contribution in [0.3, 0.4) is 0 Å². The van der Waals surface area contributed by atoms with Crippen molar-refractivity contribution in [2.45, 2.75) is 31.8 Å². The highest BCUT2D eigenvalue weighted by Crippen LogP contribution is 2.26. The van der Waals surface area contributed by atoms with Crippen molar-refractivity contribution in [3.63, 3.8) is 0 Å². The quantitative estimate of drug-likeness (QED) is 0.803. The SMILES string of the molecule is CN1C(=O)CC(NCc2cccc3c2NCCC3)C1=O. The van der Waals surface area contributed by atoms with E-state index in [1.165, 1.54) is 23.2 Å². The lowest BCUT2D eigenvalue weighted by molar-refractivity contribution is -0.137. The molecule has 3 rings (SSSR count). The standard InChI is InChI=1S/C15H19N3O2/c1-18-13(19)8-12(15(18)20)17-9-11-5-2-4-10-6-3-7-16-14(10)11/h2,4-5,12,16-17H,3,6-9H2,1H3. The Labute approximate surface area is 118 Å². The molecule has 1 unspecified atom stereocenters. The lowest BCUT2D eigenvalue weighted by Crippen LogP contribution is -2.36. The fourth-order valence-electron chi connectivity index (χ4n) is 2.88. The monoisotopic (exact) mass is 273 g/mol. The number of nitrogens with one attached hydrogen (secondary N) is 2. The van der Waals surface area contributed by atoms with Crippen molar-refractivity contribution < 1.29 is 9.59 Å². The Morgan fingerprint density at radius 2 is 2.25 bits per heavy atom. The largest absolute Gasteiger partial charge is 0.385 e. The highest BCUT2D eigenvalue weighted by Gasteiger charge is 2.35. The number of benzene rings is 1. The van der Waals surface area contributed by atoms with Crippen LogP contribution in [0.1, 0.15) is 24.0 Å². The highest BCUT2D eigenvalue weighted by molar-refractivity contribution is 6.05. The molecule has 0 aliphatic carbocycles. The molecule has 5 heteroatoms. The second kappa shape index (κ2) is 5.25. The van der Waals surface area contributed by atoms with Crippen LogP contribution >= 0.6 is 0 Å².